The maximum absolute atomic E-state index is 13.1. The molecule has 0 radical (unpaired) electrons. The van der Waals surface area contributed by atoms with Gasteiger partial charge in [0.1, 0.15) is 11.9 Å². The number of nitrogens with zero attached hydrogens (tertiary/aromatic N) is 2. The topological polar surface area (TPSA) is 42.4 Å². The van der Waals surface area contributed by atoms with Crippen LogP contribution in [0.1, 0.15) is 47.2 Å². The van der Waals surface area contributed by atoms with Gasteiger partial charge < -0.3 is 9.64 Å². The van der Waals surface area contributed by atoms with Crippen molar-refractivity contribution in [3.05, 3.63) is 59.4 Å². The molecular formula is C21H24N2O2. The highest BCUT2D eigenvalue weighted by atomic mass is 16.5. The SMILES string of the molecule is Cc1ccc(C(=O)N2C3CCC2CC(Oc2ccncc2)C3)cc1C. The Kier molecular flexibility index (Phi) is 4.20. The van der Waals surface area contributed by atoms with Crippen molar-refractivity contribution in [2.45, 2.75) is 57.7 Å². The molecule has 0 saturated carbocycles. The summed E-state index contributed by atoms with van der Waals surface area (Å²) in [6, 6.07) is 10.4. The zero-order valence-electron chi connectivity index (χ0n) is 14.8. The largest absolute Gasteiger partial charge is 0.490 e. The second kappa shape index (κ2) is 6.51. The second-order valence-corrected chi connectivity index (χ2v) is 7.29. The van der Waals surface area contributed by atoms with E-state index in [1.165, 1.54) is 11.1 Å². The van der Waals surface area contributed by atoms with E-state index in [4.69, 9.17) is 4.74 Å². The molecule has 4 rings (SSSR count). The van der Waals surface area contributed by atoms with Crippen molar-refractivity contribution in [3.8, 4) is 5.75 Å². The van der Waals surface area contributed by atoms with Gasteiger partial charge in [-0.05, 0) is 62.1 Å². The minimum absolute atomic E-state index is 0.179. The molecule has 25 heavy (non-hydrogen) atoms. The molecule has 1 aromatic heterocycles. The van der Waals surface area contributed by atoms with Crippen molar-refractivity contribution in [1.82, 2.24) is 9.88 Å². The van der Waals surface area contributed by atoms with Crippen LogP contribution < -0.4 is 4.74 Å². The fourth-order valence-electron chi connectivity index (χ4n) is 4.19. The standard InChI is InChI=1S/C21H24N2O2/c1-14-3-4-16(11-15(14)2)21(24)23-17-5-6-18(23)13-20(12-17)25-19-7-9-22-10-8-19/h3-4,7-11,17-18,20H,5-6,12-13H2,1-2H3. The van der Waals surface area contributed by atoms with Gasteiger partial charge in [0.2, 0.25) is 0 Å². The number of carbonyl (C=O) groups is 1. The molecule has 130 valence electrons. The summed E-state index contributed by atoms with van der Waals surface area (Å²) in [6.45, 7) is 4.14. The van der Waals surface area contributed by atoms with Gasteiger partial charge >= 0.3 is 0 Å². The molecule has 2 saturated heterocycles. The normalized spacial score (nSPS) is 25.0. The molecule has 0 spiro atoms. The number of hydrogen-bond donors (Lipinski definition) is 0. The fourth-order valence-corrected chi connectivity index (χ4v) is 4.19. The third-order valence-electron chi connectivity index (χ3n) is 5.63. The van der Waals surface area contributed by atoms with Crippen LogP contribution in [0.4, 0.5) is 0 Å². The van der Waals surface area contributed by atoms with E-state index in [0.29, 0.717) is 12.1 Å². The van der Waals surface area contributed by atoms with Gasteiger partial charge in [0.05, 0.1) is 0 Å². The van der Waals surface area contributed by atoms with Gasteiger partial charge in [-0.1, -0.05) is 6.07 Å². The number of fused-ring (bicyclic) bond motifs is 2. The lowest BCUT2D eigenvalue weighted by atomic mass is 9.97. The summed E-state index contributed by atoms with van der Waals surface area (Å²) in [5.74, 6) is 1.05. The average Bonchev–Trinajstić information content (AvgIpc) is 2.88. The van der Waals surface area contributed by atoms with Gasteiger partial charge in [-0.25, -0.2) is 0 Å². The van der Waals surface area contributed by atoms with Crippen molar-refractivity contribution < 1.29 is 9.53 Å². The lowest BCUT2D eigenvalue weighted by Crippen LogP contribution is -2.49. The lowest BCUT2D eigenvalue weighted by molar-refractivity contribution is 0.0358. The second-order valence-electron chi connectivity index (χ2n) is 7.29. The Morgan fingerprint density at radius 1 is 1.04 bits per heavy atom. The average molecular weight is 336 g/mol. The highest BCUT2D eigenvalue weighted by Gasteiger charge is 2.44. The van der Waals surface area contributed by atoms with Crippen LogP contribution in [0.3, 0.4) is 0 Å². The molecule has 3 heterocycles. The number of hydrogen-bond acceptors (Lipinski definition) is 3. The first-order valence-corrected chi connectivity index (χ1v) is 9.08. The lowest BCUT2D eigenvalue weighted by Gasteiger charge is -2.39. The van der Waals surface area contributed by atoms with Crippen LogP contribution >= 0.6 is 0 Å². The minimum atomic E-state index is 0.179. The molecule has 0 N–H and O–H groups in total. The van der Waals surface area contributed by atoms with E-state index < -0.39 is 0 Å². The van der Waals surface area contributed by atoms with Crippen LogP contribution in [0.5, 0.6) is 5.75 Å². The van der Waals surface area contributed by atoms with Gasteiger partial charge in [0.15, 0.2) is 0 Å². The summed E-state index contributed by atoms with van der Waals surface area (Å²) in [5.41, 5.74) is 3.21. The van der Waals surface area contributed by atoms with Crippen molar-refractivity contribution >= 4 is 5.91 Å². The van der Waals surface area contributed by atoms with Crippen molar-refractivity contribution in [3.63, 3.8) is 0 Å². The van der Waals surface area contributed by atoms with Crippen molar-refractivity contribution in [2.24, 2.45) is 0 Å². The smallest absolute Gasteiger partial charge is 0.254 e. The molecule has 0 aliphatic carbocycles. The Balaban J connectivity index is 1.48. The van der Waals surface area contributed by atoms with Crippen molar-refractivity contribution in [1.29, 1.82) is 0 Å². The summed E-state index contributed by atoms with van der Waals surface area (Å²) in [4.78, 5) is 19.2. The van der Waals surface area contributed by atoms with E-state index in [1.807, 2.05) is 30.3 Å². The molecule has 2 unspecified atom stereocenters. The maximum atomic E-state index is 13.1. The van der Waals surface area contributed by atoms with Crippen LogP contribution in [-0.4, -0.2) is 34.0 Å². The third kappa shape index (κ3) is 3.13. The first-order chi connectivity index (χ1) is 12.1. The molecule has 1 aromatic carbocycles. The van der Waals surface area contributed by atoms with Crippen LogP contribution in [0.15, 0.2) is 42.7 Å². The predicted molar refractivity (Wildman–Crippen MR) is 96.8 cm³/mol. The number of aryl methyl sites for hydroxylation is 2. The van der Waals surface area contributed by atoms with Gasteiger partial charge in [0.25, 0.3) is 5.91 Å². The van der Waals surface area contributed by atoms with Gasteiger partial charge in [0, 0.05) is 42.9 Å². The van der Waals surface area contributed by atoms with E-state index in [-0.39, 0.29) is 12.0 Å². The number of carbonyl (C=O) groups excluding carboxylic acids is 1. The summed E-state index contributed by atoms with van der Waals surface area (Å²) in [6.07, 6.45) is 7.67. The molecule has 4 nitrogen and oxygen atoms in total. The van der Waals surface area contributed by atoms with E-state index in [2.05, 4.69) is 23.7 Å². The summed E-state index contributed by atoms with van der Waals surface area (Å²) >= 11 is 0. The minimum Gasteiger partial charge on any atom is -0.490 e. The van der Waals surface area contributed by atoms with E-state index in [9.17, 15) is 4.79 Å². The predicted octanol–water partition coefficient (Wildman–Crippen LogP) is 3.91. The Bertz CT molecular complexity index is 761. The first-order valence-electron chi connectivity index (χ1n) is 9.08. The number of benzene rings is 1. The van der Waals surface area contributed by atoms with E-state index in [0.717, 1.165) is 37.0 Å². The van der Waals surface area contributed by atoms with Gasteiger partial charge in [-0.15, -0.1) is 0 Å². The highest BCUT2D eigenvalue weighted by Crippen LogP contribution is 2.38. The van der Waals surface area contributed by atoms with Crippen LogP contribution in [0.25, 0.3) is 0 Å². The third-order valence-corrected chi connectivity index (χ3v) is 5.63. The molecule has 2 bridgehead atoms. The van der Waals surface area contributed by atoms with Gasteiger partial charge in [-0.2, -0.15) is 0 Å². The van der Waals surface area contributed by atoms with E-state index in [1.54, 1.807) is 12.4 Å². The summed E-state index contributed by atoms with van der Waals surface area (Å²) in [7, 11) is 0. The van der Waals surface area contributed by atoms with Crippen LogP contribution in [0, 0.1) is 13.8 Å². The first kappa shape index (κ1) is 16.1. The van der Waals surface area contributed by atoms with Crippen LogP contribution in [0.2, 0.25) is 0 Å². The molecule has 2 aliphatic rings. The number of ether oxygens (including phenoxy) is 1. The Morgan fingerprint density at radius 3 is 2.36 bits per heavy atom. The molecular weight excluding hydrogens is 312 g/mol. The molecule has 2 atom stereocenters. The number of amides is 1. The number of rotatable bonds is 3. The van der Waals surface area contributed by atoms with E-state index >= 15 is 0 Å². The maximum Gasteiger partial charge on any atom is 0.254 e. The zero-order valence-corrected chi connectivity index (χ0v) is 14.8. The Labute approximate surface area is 148 Å². The van der Waals surface area contributed by atoms with Gasteiger partial charge in [-0.3, -0.25) is 9.78 Å². The zero-order chi connectivity index (χ0) is 17.4. The number of pyridine rings is 1. The molecule has 2 fully saturated rings. The monoisotopic (exact) mass is 336 g/mol. The number of aromatic nitrogens is 1. The Hall–Kier alpha value is -2.36. The quantitative estimate of drug-likeness (QED) is 0.853. The Morgan fingerprint density at radius 2 is 1.72 bits per heavy atom. The molecule has 2 aliphatic heterocycles. The summed E-state index contributed by atoms with van der Waals surface area (Å²) in [5, 5.41) is 0. The highest BCUT2D eigenvalue weighted by molar-refractivity contribution is 5.95. The fraction of sp³-hybridized carbons (Fsp3) is 0.429. The molecule has 1 amide bonds. The number of piperidine rings is 1. The molecule has 2 aromatic rings. The van der Waals surface area contributed by atoms with Crippen LogP contribution in [-0.2, 0) is 0 Å². The molecule has 4 heteroatoms. The summed E-state index contributed by atoms with van der Waals surface area (Å²) < 4.78 is 6.13. The van der Waals surface area contributed by atoms with Crippen molar-refractivity contribution in [2.75, 3.05) is 0 Å².